The number of nitrogens with one attached hydrogen (secondary N) is 1. The quantitative estimate of drug-likeness (QED) is 0.419. The molecule has 8 heteroatoms. The number of carbonyl (C=O) groups is 2. The largest absolute Gasteiger partial charge is 0.465 e. The third kappa shape index (κ3) is 6.89. The second-order valence-electron chi connectivity index (χ2n) is 7.57. The number of rotatable bonds is 10. The van der Waals surface area contributed by atoms with Crippen molar-refractivity contribution in [3.8, 4) is 0 Å². The number of hydrogen-bond donors (Lipinski definition) is 2. The Morgan fingerprint density at radius 3 is 2.39 bits per heavy atom. The number of ether oxygens (including phenoxy) is 4. The molecule has 3 rings (SSSR count). The van der Waals surface area contributed by atoms with E-state index in [4.69, 9.17) is 18.9 Å². The number of amides is 1. The van der Waals surface area contributed by atoms with Crippen molar-refractivity contribution in [3.05, 3.63) is 82.6 Å². The Balaban J connectivity index is 1.74. The van der Waals surface area contributed by atoms with E-state index in [0.717, 1.165) is 16.7 Å². The molecule has 0 spiro atoms. The zero-order valence-corrected chi connectivity index (χ0v) is 18.8. The van der Waals surface area contributed by atoms with Crippen molar-refractivity contribution in [1.29, 1.82) is 0 Å². The summed E-state index contributed by atoms with van der Waals surface area (Å²) in [6, 6.07) is 14.5. The summed E-state index contributed by atoms with van der Waals surface area (Å²) in [5, 5.41) is 12.0. The molecule has 2 aromatic rings. The van der Waals surface area contributed by atoms with Crippen LogP contribution in [-0.4, -0.2) is 50.6 Å². The van der Waals surface area contributed by atoms with Gasteiger partial charge in [-0.3, -0.25) is 4.79 Å². The minimum atomic E-state index is -0.638. The van der Waals surface area contributed by atoms with Gasteiger partial charge in [0.25, 0.3) is 5.91 Å². The molecule has 0 saturated heterocycles. The van der Waals surface area contributed by atoms with Crippen LogP contribution in [0.25, 0.3) is 0 Å². The maximum atomic E-state index is 12.6. The van der Waals surface area contributed by atoms with Crippen molar-refractivity contribution in [2.24, 2.45) is 0 Å². The van der Waals surface area contributed by atoms with E-state index in [-0.39, 0.29) is 24.2 Å². The zero-order valence-electron chi connectivity index (χ0n) is 18.8. The van der Waals surface area contributed by atoms with Crippen molar-refractivity contribution in [3.63, 3.8) is 0 Å². The molecule has 1 heterocycles. The summed E-state index contributed by atoms with van der Waals surface area (Å²) in [7, 11) is 2.90. The monoisotopic (exact) mass is 455 g/mol. The number of allylic oxidation sites excluding steroid dienone is 1. The molecule has 176 valence electrons. The number of benzene rings is 2. The van der Waals surface area contributed by atoms with Gasteiger partial charge in [0.2, 0.25) is 6.29 Å². The van der Waals surface area contributed by atoms with E-state index in [1.165, 1.54) is 7.11 Å². The zero-order chi connectivity index (χ0) is 23.6. The molecular formula is C25H29NO7. The van der Waals surface area contributed by atoms with Gasteiger partial charge in [0.15, 0.2) is 5.76 Å². The fourth-order valence-electron chi connectivity index (χ4n) is 3.42. The highest BCUT2D eigenvalue weighted by atomic mass is 16.7. The lowest BCUT2D eigenvalue weighted by Gasteiger charge is -2.29. The number of methoxy groups -OCH3 is 2. The van der Waals surface area contributed by atoms with Crippen LogP contribution in [0.1, 0.15) is 39.4 Å². The highest BCUT2D eigenvalue weighted by molar-refractivity contribution is 5.91. The second-order valence-corrected chi connectivity index (χ2v) is 7.57. The number of aliphatic hydroxyl groups is 1. The van der Waals surface area contributed by atoms with Crippen LogP contribution in [0.4, 0.5) is 0 Å². The minimum Gasteiger partial charge on any atom is -0.465 e. The molecule has 1 aliphatic heterocycles. The van der Waals surface area contributed by atoms with Gasteiger partial charge in [-0.25, -0.2) is 4.79 Å². The molecule has 0 radical (unpaired) electrons. The summed E-state index contributed by atoms with van der Waals surface area (Å²) < 4.78 is 21.6. The summed E-state index contributed by atoms with van der Waals surface area (Å²) in [5.74, 6) is -0.713. The van der Waals surface area contributed by atoms with Gasteiger partial charge in [0, 0.05) is 26.0 Å². The molecule has 8 nitrogen and oxygen atoms in total. The molecule has 0 bridgehead atoms. The number of aliphatic hydroxyl groups excluding tert-OH is 1. The fourth-order valence-corrected chi connectivity index (χ4v) is 3.42. The normalized spacial score (nSPS) is 17.6. The van der Waals surface area contributed by atoms with E-state index in [0.29, 0.717) is 31.7 Å². The first-order chi connectivity index (χ1) is 16.0. The Bertz CT molecular complexity index is 954. The van der Waals surface area contributed by atoms with Crippen LogP contribution in [0.15, 0.2) is 60.4 Å². The molecule has 2 aromatic carbocycles. The van der Waals surface area contributed by atoms with Gasteiger partial charge in [0.1, 0.15) is 0 Å². The Morgan fingerprint density at radius 2 is 1.76 bits per heavy atom. The van der Waals surface area contributed by atoms with Crippen LogP contribution < -0.4 is 5.32 Å². The molecule has 0 unspecified atom stereocenters. The third-order valence-corrected chi connectivity index (χ3v) is 5.27. The Labute approximate surface area is 193 Å². The average Bonchev–Trinajstić information content (AvgIpc) is 2.87. The van der Waals surface area contributed by atoms with Crippen molar-refractivity contribution in [1.82, 2.24) is 5.32 Å². The molecule has 0 saturated carbocycles. The maximum Gasteiger partial charge on any atom is 0.337 e. The Hall–Kier alpha value is -3.20. The lowest BCUT2D eigenvalue weighted by atomic mass is 9.92. The van der Waals surface area contributed by atoms with Crippen molar-refractivity contribution >= 4 is 11.9 Å². The summed E-state index contributed by atoms with van der Waals surface area (Å²) in [5.41, 5.74) is 3.12. The number of esters is 1. The van der Waals surface area contributed by atoms with Gasteiger partial charge in [-0.15, -0.1) is 0 Å². The molecule has 0 fully saturated rings. The van der Waals surface area contributed by atoms with Gasteiger partial charge in [-0.2, -0.15) is 0 Å². The van der Waals surface area contributed by atoms with Crippen LogP contribution in [-0.2, 0) is 37.0 Å². The SMILES string of the molecule is COCCNC(=O)C1=C[C@H](c2ccc(C(=O)OC)cc2)C[C@H](OCc2ccc(CO)cc2)O1. The summed E-state index contributed by atoms with van der Waals surface area (Å²) in [4.78, 5) is 24.4. The predicted octanol–water partition coefficient (Wildman–Crippen LogP) is 2.66. The van der Waals surface area contributed by atoms with Crippen LogP contribution in [0.2, 0.25) is 0 Å². The standard InChI is InChI=1S/C25H29NO7/c1-30-12-11-26-24(28)22-13-21(19-7-9-20(10-8-19)25(29)31-2)14-23(33-22)32-16-18-5-3-17(15-27)4-6-18/h3-10,13,21,23,27H,11-12,14-16H2,1-2H3,(H,26,28)/t21-,23+/m0/s1. The van der Waals surface area contributed by atoms with E-state index in [1.54, 1.807) is 25.3 Å². The van der Waals surface area contributed by atoms with Crippen molar-refractivity contribution in [2.75, 3.05) is 27.4 Å². The molecule has 0 aromatic heterocycles. The van der Waals surface area contributed by atoms with E-state index >= 15 is 0 Å². The smallest absolute Gasteiger partial charge is 0.337 e. The van der Waals surface area contributed by atoms with Gasteiger partial charge in [-0.1, -0.05) is 36.4 Å². The van der Waals surface area contributed by atoms with E-state index in [9.17, 15) is 14.7 Å². The average molecular weight is 456 g/mol. The summed E-state index contributed by atoms with van der Waals surface area (Å²) >= 11 is 0. The molecule has 2 atom stereocenters. The second kappa shape index (κ2) is 12.2. The first-order valence-corrected chi connectivity index (χ1v) is 10.7. The van der Waals surface area contributed by atoms with Gasteiger partial charge in [-0.05, 0) is 34.9 Å². The van der Waals surface area contributed by atoms with Gasteiger partial charge in [0.05, 0.1) is 32.5 Å². The number of hydrogen-bond acceptors (Lipinski definition) is 7. The molecular weight excluding hydrogens is 426 g/mol. The lowest BCUT2D eigenvalue weighted by Crippen LogP contribution is -2.34. The fraction of sp³-hybridized carbons (Fsp3) is 0.360. The molecule has 2 N–H and O–H groups in total. The molecule has 33 heavy (non-hydrogen) atoms. The number of carbonyl (C=O) groups excluding carboxylic acids is 2. The highest BCUT2D eigenvalue weighted by Crippen LogP contribution is 2.32. The van der Waals surface area contributed by atoms with E-state index in [2.05, 4.69) is 5.32 Å². The first kappa shape index (κ1) is 24.4. The predicted molar refractivity (Wildman–Crippen MR) is 120 cm³/mol. The van der Waals surface area contributed by atoms with Gasteiger partial charge < -0.3 is 29.4 Å². The summed E-state index contributed by atoms with van der Waals surface area (Å²) in [6.45, 7) is 1.02. The van der Waals surface area contributed by atoms with E-state index < -0.39 is 12.3 Å². The Morgan fingerprint density at radius 1 is 1.06 bits per heavy atom. The first-order valence-electron chi connectivity index (χ1n) is 10.7. The summed E-state index contributed by atoms with van der Waals surface area (Å²) in [6.07, 6.45) is 1.63. The molecule has 1 aliphatic rings. The lowest BCUT2D eigenvalue weighted by molar-refractivity contribution is -0.150. The van der Waals surface area contributed by atoms with Crippen LogP contribution >= 0.6 is 0 Å². The maximum absolute atomic E-state index is 12.6. The third-order valence-electron chi connectivity index (χ3n) is 5.27. The van der Waals surface area contributed by atoms with Gasteiger partial charge >= 0.3 is 5.97 Å². The minimum absolute atomic E-state index is 0.0182. The highest BCUT2D eigenvalue weighted by Gasteiger charge is 2.29. The van der Waals surface area contributed by atoms with E-state index in [1.807, 2.05) is 36.4 Å². The molecule has 0 aliphatic carbocycles. The van der Waals surface area contributed by atoms with Crippen LogP contribution in [0, 0.1) is 0 Å². The topological polar surface area (TPSA) is 103 Å². The van der Waals surface area contributed by atoms with Crippen LogP contribution in [0.3, 0.4) is 0 Å². The van der Waals surface area contributed by atoms with Crippen molar-refractivity contribution < 1.29 is 33.6 Å². The Kier molecular flexibility index (Phi) is 9.00. The van der Waals surface area contributed by atoms with Crippen LogP contribution in [0.5, 0.6) is 0 Å². The van der Waals surface area contributed by atoms with Crippen molar-refractivity contribution in [2.45, 2.75) is 31.8 Å². The molecule has 1 amide bonds.